The lowest BCUT2D eigenvalue weighted by Gasteiger charge is -2.07. The van der Waals surface area contributed by atoms with Gasteiger partial charge in [0, 0.05) is 9.13 Å². The number of hydrogen-bond acceptors (Lipinski definition) is 5. The predicted octanol–water partition coefficient (Wildman–Crippen LogP) is 4.46. The maximum Gasteiger partial charge on any atom is 0.264 e. The van der Waals surface area contributed by atoms with Gasteiger partial charge in [0.25, 0.3) is 5.91 Å². The molecule has 26 heavy (non-hydrogen) atoms. The second kappa shape index (κ2) is 8.13. The van der Waals surface area contributed by atoms with Crippen molar-refractivity contribution in [2.24, 2.45) is 4.99 Å². The molecule has 0 aliphatic carbocycles. The van der Waals surface area contributed by atoms with Crippen LogP contribution in [-0.4, -0.2) is 23.3 Å². The smallest absolute Gasteiger partial charge is 0.264 e. The lowest BCUT2D eigenvalue weighted by molar-refractivity contribution is -0.115. The highest BCUT2D eigenvalue weighted by Gasteiger charge is 2.24. The van der Waals surface area contributed by atoms with Gasteiger partial charge < -0.3 is 15.2 Å². The molecule has 0 radical (unpaired) electrons. The van der Waals surface area contributed by atoms with Crippen LogP contribution in [0.15, 0.2) is 46.3 Å². The molecule has 7 heteroatoms. The molecule has 134 valence electrons. The number of thioether (sulfide) groups is 1. The van der Waals surface area contributed by atoms with Crippen molar-refractivity contribution in [1.29, 1.82) is 0 Å². The number of aryl methyl sites for hydroxylation is 1. The number of methoxy groups -OCH3 is 1. The fraction of sp³-hybridized carbons (Fsp3) is 0.158. The molecule has 0 aromatic heterocycles. The normalized spacial score (nSPS) is 17.0. The Labute approximate surface area is 169 Å². The Morgan fingerprint density at radius 3 is 2.69 bits per heavy atom. The van der Waals surface area contributed by atoms with E-state index in [4.69, 9.17) is 4.74 Å². The van der Waals surface area contributed by atoms with Crippen molar-refractivity contribution < 1.29 is 14.6 Å². The Kier molecular flexibility index (Phi) is 5.87. The van der Waals surface area contributed by atoms with Gasteiger partial charge >= 0.3 is 0 Å². The van der Waals surface area contributed by atoms with Crippen LogP contribution in [0.5, 0.6) is 11.5 Å². The zero-order valence-corrected chi connectivity index (χ0v) is 17.2. The van der Waals surface area contributed by atoms with Gasteiger partial charge in [-0.15, -0.1) is 0 Å². The van der Waals surface area contributed by atoms with Crippen molar-refractivity contribution >= 4 is 57.2 Å². The van der Waals surface area contributed by atoms with Crippen LogP contribution in [0, 0.1) is 3.57 Å². The molecular weight excluding hydrogens is 463 g/mol. The van der Waals surface area contributed by atoms with Crippen LogP contribution in [0.3, 0.4) is 0 Å². The van der Waals surface area contributed by atoms with Crippen molar-refractivity contribution in [3.05, 3.63) is 56.0 Å². The summed E-state index contributed by atoms with van der Waals surface area (Å²) in [5.41, 5.74) is 2.55. The SMILES string of the molecule is CCc1ccc(N=C2NC(=O)/C(=C/c3cc(I)cc(OC)c3O)S2)cc1. The van der Waals surface area contributed by atoms with Gasteiger partial charge in [-0.2, -0.15) is 0 Å². The summed E-state index contributed by atoms with van der Waals surface area (Å²) in [6.07, 6.45) is 2.61. The molecule has 2 N–H and O–H groups in total. The number of aliphatic imine (C=N–C) groups is 1. The summed E-state index contributed by atoms with van der Waals surface area (Å²) < 4.78 is 6.06. The fourth-order valence-electron chi connectivity index (χ4n) is 2.41. The molecule has 0 spiro atoms. The Bertz CT molecular complexity index is 908. The molecule has 3 rings (SSSR count). The molecule has 1 amide bonds. The van der Waals surface area contributed by atoms with E-state index in [0.717, 1.165) is 15.7 Å². The zero-order valence-electron chi connectivity index (χ0n) is 14.2. The van der Waals surface area contributed by atoms with Crippen molar-refractivity contribution in [2.45, 2.75) is 13.3 Å². The number of nitrogens with zero attached hydrogens (tertiary/aromatic N) is 1. The molecule has 0 atom stereocenters. The second-order valence-electron chi connectivity index (χ2n) is 5.55. The van der Waals surface area contributed by atoms with Crippen molar-refractivity contribution in [2.75, 3.05) is 7.11 Å². The zero-order chi connectivity index (χ0) is 18.7. The third-order valence-electron chi connectivity index (χ3n) is 3.80. The van der Waals surface area contributed by atoms with Crippen LogP contribution >= 0.6 is 34.4 Å². The molecule has 0 saturated carbocycles. The minimum Gasteiger partial charge on any atom is -0.504 e. The highest BCUT2D eigenvalue weighted by molar-refractivity contribution is 14.1. The largest absolute Gasteiger partial charge is 0.504 e. The van der Waals surface area contributed by atoms with E-state index in [-0.39, 0.29) is 11.7 Å². The van der Waals surface area contributed by atoms with Crippen LogP contribution < -0.4 is 10.1 Å². The number of nitrogens with one attached hydrogen (secondary N) is 1. The Hall–Kier alpha value is -2.00. The standard InChI is InChI=1S/C19H17IN2O3S/c1-3-11-4-6-14(7-5-11)21-19-22-18(24)16(26-19)9-12-8-13(20)10-15(25-2)17(12)23/h4-10,23H,3H2,1-2H3,(H,21,22,24)/b16-9-. The van der Waals surface area contributed by atoms with Gasteiger partial charge in [0.05, 0.1) is 17.7 Å². The first-order chi connectivity index (χ1) is 12.5. The number of aromatic hydroxyl groups is 1. The Balaban J connectivity index is 1.86. The van der Waals surface area contributed by atoms with Crippen molar-refractivity contribution in [3.8, 4) is 11.5 Å². The number of rotatable bonds is 4. The van der Waals surface area contributed by atoms with E-state index >= 15 is 0 Å². The number of amides is 1. The Morgan fingerprint density at radius 2 is 2.04 bits per heavy atom. The van der Waals surface area contributed by atoms with Gasteiger partial charge in [0.1, 0.15) is 0 Å². The molecule has 2 aromatic carbocycles. The third-order valence-corrected chi connectivity index (χ3v) is 5.33. The quantitative estimate of drug-likeness (QED) is 0.501. The van der Waals surface area contributed by atoms with E-state index in [9.17, 15) is 9.90 Å². The maximum absolute atomic E-state index is 12.2. The number of ether oxygens (including phenoxy) is 1. The summed E-state index contributed by atoms with van der Waals surface area (Å²) in [4.78, 5) is 17.2. The van der Waals surface area contributed by atoms with Crippen LogP contribution in [0.25, 0.3) is 6.08 Å². The molecule has 1 aliphatic heterocycles. The summed E-state index contributed by atoms with van der Waals surface area (Å²) in [6.45, 7) is 2.10. The van der Waals surface area contributed by atoms with Gasteiger partial charge in [-0.3, -0.25) is 4.79 Å². The van der Waals surface area contributed by atoms with Crippen LogP contribution in [0.4, 0.5) is 5.69 Å². The number of carbonyl (C=O) groups excluding carboxylic acids is 1. The highest BCUT2D eigenvalue weighted by atomic mass is 127. The minimum absolute atomic E-state index is 0.00867. The summed E-state index contributed by atoms with van der Waals surface area (Å²) in [5.74, 6) is 0.141. The van der Waals surface area contributed by atoms with Gasteiger partial charge in [0.2, 0.25) is 0 Å². The molecule has 1 fully saturated rings. The van der Waals surface area contributed by atoms with E-state index in [1.165, 1.54) is 24.4 Å². The van der Waals surface area contributed by atoms with E-state index in [1.807, 2.05) is 24.3 Å². The number of benzene rings is 2. The summed E-state index contributed by atoms with van der Waals surface area (Å²) in [6, 6.07) is 11.4. The first-order valence-electron chi connectivity index (χ1n) is 7.95. The van der Waals surface area contributed by atoms with Crippen molar-refractivity contribution in [1.82, 2.24) is 5.32 Å². The average molecular weight is 480 g/mol. The number of phenolic OH excluding ortho intramolecular Hbond substituents is 1. The maximum atomic E-state index is 12.2. The van der Waals surface area contributed by atoms with Crippen LogP contribution in [0.1, 0.15) is 18.1 Å². The molecular formula is C19H17IN2O3S. The monoisotopic (exact) mass is 480 g/mol. The lowest BCUT2D eigenvalue weighted by Crippen LogP contribution is -2.19. The number of halogens is 1. The summed E-state index contributed by atoms with van der Waals surface area (Å²) in [5, 5.41) is 13.5. The third kappa shape index (κ3) is 4.21. The average Bonchev–Trinajstić information content (AvgIpc) is 2.97. The molecule has 1 aliphatic rings. The van der Waals surface area contributed by atoms with E-state index in [0.29, 0.717) is 21.4 Å². The lowest BCUT2D eigenvalue weighted by atomic mass is 10.1. The first kappa shape index (κ1) is 18.8. The van der Waals surface area contributed by atoms with E-state index < -0.39 is 0 Å². The topological polar surface area (TPSA) is 70.9 Å². The van der Waals surface area contributed by atoms with Gasteiger partial charge in [0.15, 0.2) is 16.7 Å². The van der Waals surface area contributed by atoms with Crippen LogP contribution in [-0.2, 0) is 11.2 Å². The molecule has 0 bridgehead atoms. The molecule has 0 unspecified atom stereocenters. The highest BCUT2D eigenvalue weighted by Crippen LogP contribution is 2.36. The number of carbonyl (C=O) groups is 1. The molecule has 2 aromatic rings. The minimum atomic E-state index is -0.240. The van der Waals surface area contributed by atoms with E-state index in [2.05, 4.69) is 39.8 Å². The Morgan fingerprint density at radius 1 is 1.31 bits per heavy atom. The van der Waals surface area contributed by atoms with Gasteiger partial charge in [-0.25, -0.2) is 4.99 Å². The molecule has 5 nitrogen and oxygen atoms in total. The first-order valence-corrected chi connectivity index (χ1v) is 9.84. The summed E-state index contributed by atoms with van der Waals surface area (Å²) in [7, 11) is 1.49. The number of phenols is 1. The predicted molar refractivity (Wildman–Crippen MR) is 114 cm³/mol. The molecule has 1 saturated heterocycles. The second-order valence-corrected chi connectivity index (χ2v) is 7.82. The van der Waals surface area contributed by atoms with Crippen molar-refractivity contribution in [3.63, 3.8) is 0 Å². The summed E-state index contributed by atoms with van der Waals surface area (Å²) >= 11 is 3.38. The van der Waals surface area contributed by atoms with Crippen LogP contribution in [0.2, 0.25) is 0 Å². The number of amidine groups is 1. The molecule has 1 heterocycles. The van der Waals surface area contributed by atoms with Gasteiger partial charge in [-0.05, 0) is 76.7 Å². The van der Waals surface area contributed by atoms with E-state index in [1.54, 1.807) is 18.2 Å². The fourth-order valence-corrected chi connectivity index (χ4v) is 3.86. The number of hydrogen-bond donors (Lipinski definition) is 2. The van der Waals surface area contributed by atoms with Gasteiger partial charge in [-0.1, -0.05) is 19.1 Å².